The molecule has 0 saturated carbocycles. The Hall–Kier alpha value is -4.74. The molecule has 10 nitrogen and oxygen atoms in total. The summed E-state index contributed by atoms with van der Waals surface area (Å²) in [5.41, 5.74) is 12.3. The van der Waals surface area contributed by atoms with Gasteiger partial charge in [0.2, 0.25) is 0 Å². The number of piperidine rings is 2. The van der Waals surface area contributed by atoms with Crippen LogP contribution in [-0.2, 0) is 41.3 Å². The summed E-state index contributed by atoms with van der Waals surface area (Å²) >= 11 is 0. The van der Waals surface area contributed by atoms with Gasteiger partial charge in [-0.15, -0.1) is 0 Å². The third kappa shape index (κ3) is 10.6. The fourth-order valence-corrected chi connectivity index (χ4v) is 12.5. The Kier molecular flexibility index (Phi) is 15.3. The van der Waals surface area contributed by atoms with E-state index < -0.39 is 17.0 Å². The molecule has 4 fully saturated rings. The topological polar surface area (TPSA) is 96.0 Å². The Morgan fingerprint density at radius 1 is 0.535 bits per heavy atom. The van der Waals surface area contributed by atoms with Gasteiger partial charge in [0.05, 0.1) is 31.8 Å². The number of carbonyl (C=O) groups excluding carboxylic acids is 2. The number of likely N-dealkylation sites (tertiary alicyclic amines) is 2. The van der Waals surface area contributed by atoms with Crippen molar-refractivity contribution in [2.75, 3.05) is 65.8 Å². The van der Waals surface area contributed by atoms with Gasteiger partial charge in [-0.25, -0.2) is 9.59 Å². The van der Waals surface area contributed by atoms with Crippen LogP contribution >= 0.6 is 0 Å². The van der Waals surface area contributed by atoms with Gasteiger partial charge < -0.3 is 38.2 Å². The van der Waals surface area contributed by atoms with Crippen molar-refractivity contribution in [1.29, 1.82) is 0 Å². The zero-order valence-corrected chi connectivity index (χ0v) is 43.0. The molecule has 71 heavy (non-hydrogen) atoms. The van der Waals surface area contributed by atoms with Crippen LogP contribution in [0.25, 0.3) is 22.3 Å². The molecule has 3 spiro atoms. The van der Waals surface area contributed by atoms with Crippen molar-refractivity contribution >= 4 is 12.2 Å². The zero-order chi connectivity index (χ0) is 49.0. The Morgan fingerprint density at radius 2 is 0.915 bits per heavy atom. The molecule has 4 atom stereocenters. The first-order valence-corrected chi connectivity index (χ1v) is 27.5. The summed E-state index contributed by atoms with van der Waals surface area (Å²) < 4.78 is 38.5. The van der Waals surface area contributed by atoms with Crippen LogP contribution in [-0.4, -0.2) is 99.4 Å². The van der Waals surface area contributed by atoms with Gasteiger partial charge >= 0.3 is 12.2 Å². The Labute approximate surface area is 423 Å². The molecule has 4 heterocycles. The Bertz CT molecular complexity index is 2290. The van der Waals surface area contributed by atoms with Crippen molar-refractivity contribution in [2.45, 2.75) is 141 Å². The Balaban J connectivity index is 0.671. The van der Waals surface area contributed by atoms with E-state index in [9.17, 15) is 9.59 Å². The first kappa shape index (κ1) is 49.8. The number of ether oxygens (including phenoxy) is 6. The molecule has 4 aromatic rings. The number of amides is 2. The maximum absolute atomic E-state index is 13.6. The average Bonchev–Trinajstić information content (AvgIpc) is 3.90. The lowest BCUT2D eigenvalue weighted by molar-refractivity contribution is -0.377. The van der Waals surface area contributed by atoms with Crippen LogP contribution in [0.2, 0.25) is 0 Å². The minimum Gasteiger partial charge on any atom is -0.448 e. The second kappa shape index (κ2) is 21.8. The number of rotatable bonds is 16. The number of hydrogen-bond donors (Lipinski definition) is 0. The van der Waals surface area contributed by atoms with Crippen LogP contribution in [0, 0.1) is 17.3 Å². The number of nitrogens with zero attached hydrogens (tertiary/aromatic N) is 2. The molecule has 0 aromatic heterocycles. The molecule has 4 unspecified atom stereocenters. The first-order valence-electron chi connectivity index (χ1n) is 27.5. The molecule has 0 N–H and O–H groups in total. The predicted molar refractivity (Wildman–Crippen MR) is 277 cm³/mol. The van der Waals surface area contributed by atoms with E-state index in [0.717, 1.165) is 12.8 Å². The van der Waals surface area contributed by atoms with E-state index in [1.807, 2.05) is 0 Å². The number of carbonyl (C=O) groups is 2. The summed E-state index contributed by atoms with van der Waals surface area (Å²) in [5, 5.41) is 0. The Morgan fingerprint density at radius 3 is 1.30 bits per heavy atom. The van der Waals surface area contributed by atoms with E-state index >= 15 is 0 Å². The fraction of sp³-hybridized carbons (Fsp3) is 0.574. The van der Waals surface area contributed by atoms with Gasteiger partial charge in [0.1, 0.15) is 13.2 Å². The van der Waals surface area contributed by atoms with E-state index in [2.05, 4.69) is 113 Å². The van der Waals surface area contributed by atoms with E-state index in [1.54, 1.807) is 9.80 Å². The lowest BCUT2D eigenvalue weighted by Crippen LogP contribution is -2.62. The number of benzene rings is 4. The maximum Gasteiger partial charge on any atom is 0.409 e. The van der Waals surface area contributed by atoms with Crippen LogP contribution in [0.15, 0.2) is 84.9 Å². The third-order valence-corrected chi connectivity index (χ3v) is 17.3. The smallest absolute Gasteiger partial charge is 0.409 e. The molecule has 10 heteroatoms. The molecule has 380 valence electrons. The van der Waals surface area contributed by atoms with Crippen molar-refractivity contribution in [2.24, 2.45) is 17.3 Å². The molecule has 4 aliphatic heterocycles. The van der Waals surface area contributed by atoms with Gasteiger partial charge in [-0.2, -0.15) is 0 Å². The van der Waals surface area contributed by atoms with Crippen molar-refractivity contribution < 1.29 is 38.0 Å². The van der Waals surface area contributed by atoms with Crippen molar-refractivity contribution in [1.82, 2.24) is 9.80 Å². The molecule has 4 aromatic carbocycles. The standard InChI is InChI=1S/C61H78N2O8/c1-5-9-15-43(7-3)33-45-21-23-51-47-17-11-13-19-49(47)55(53(51)35-45)37-66-57(64)62-29-25-60(26-30-62)68-39-59(40-69-60)41-70-61(71-42-59)27-31-63(32-28-61)58(65)67-38-56-50-20-14-12-18-48(50)52-24-22-46(36-54(52)56)34-44(8-4)16-10-6-2/h11-14,17-24,35-36,43-44,55-56H,5-10,15-16,25-34,37-42H2,1-4H3. The van der Waals surface area contributed by atoms with Gasteiger partial charge in [-0.3, -0.25) is 0 Å². The van der Waals surface area contributed by atoms with Crippen LogP contribution in [0.3, 0.4) is 0 Å². The van der Waals surface area contributed by atoms with E-state index in [1.165, 1.54) is 107 Å². The molecule has 4 saturated heterocycles. The molecular formula is C61H78N2O8. The molecule has 2 aliphatic carbocycles. The second-order valence-corrected chi connectivity index (χ2v) is 22.0. The number of unbranched alkanes of at least 4 members (excludes halogenated alkanes) is 2. The highest BCUT2D eigenvalue weighted by atomic mass is 16.7. The predicted octanol–water partition coefficient (Wildman–Crippen LogP) is 13.1. The molecule has 0 bridgehead atoms. The quantitative estimate of drug-likeness (QED) is 0.110. The van der Waals surface area contributed by atoms with Crippen LogP contribution in [0.5, 0.6) is 0 Å². The lowest BCUT2D eigenvalue weighted by Gasteiger charge is -2.53. The molecule has 6 aliphatic rings. The monoisotopic (exact) mass is 967 g/mol. The van der Waals surface area contributed by atoms with Crippen molar-refractivity contribution in [3.05, 3.63) is 118 Å². The van der Waals surface area contributed by atoms with Gasteiger partial charge in [-0.05, 0) is 80.3 Å². The maximum atomic E-state index is 13.6. The van der Waals surface area contributed by atoms with E-state index in [4.69, 9.17) is 28.4 Å². The normalized spacial score (nSPS) is 22.1. The SMILES string of the molecule is CCCCC(CC)Cc1ccc2c(c1)C(COC(=O)N1CCC3(CC1)OCC1(CO3)COC3(CCN(C(=O)OCC4c5ccccc5-c5ccc(CC(CC)CCCC)cc54)CC3)OC1)c1ccccc1-2. The highest BCUT2D eigenvalue weighted by Crippen LogP contribution is 2.48. The first-order chi connectivity index (χ1) is 34.7. The van der Waals surface area contributed by atoms with Crippen molar-refractivity contribution in [3.8, 4) is 22.3 Å². The van der Waals surface area contributed by atoms with E-state index in [0.29, 0.717) is 103 Å². The summed E-state index contributed by atoms with van der Waals surface area (Å²) in [4.78, 5) is 30.9. The summed E-state index contributed by atoms with van der Waals surface area (Å²) in [6.45, 7) is 13.6. The van der Waals surface area contributed by atoms with Crippen LogP contribution in [0.1, 0.15) is 150 Å². The van der Waals surface area contributed by atoms with E-state index in [-0.39, 0.29) is 24.0 Å². The van der Waals surface area contributed by atoms with Crippen molar-refractivity contribution in [3.63, 3.8) is 0 Å². The third-order valence-electron chi connectivity index (χ3n) is 17.3. The highest BCUT2D eigenvalue weighted by Gasteiger charge is 2.53. The largest absolute Gasteiger partial charge is 0.448 e. The molecule has 2 amide bonds. The van der Waals surface area contributed by atoms with Crippen LogP contribution < -0.4 is 0 Å². The molecule has 0 radical (unpaired) electrons. The number of fused-ring (bicyclic) bond motifs is 6. The molecular weight excluding hydrogens is 889 g/mol. The fourth-order valence-electron chi connectivity index (χ4n) is 12.5. The summed E-state index contributed by atoms with van der Waals surface area (Å²) in [6.07, 6.45) is 13.8. The summed E-state index contributed by atoms with van der Waals surface area (Å²) in [6, 6.07) is 31.0. The van der Waals surface area contributed by atoms with Gasteiger partial charge in [0.25, 0.3) is 0 Å². The lowest BCUT2D eigenvalue weighted by atomic mass is 9.87. The zero-order valence-electron chi connectivity index (χ0n) is 43.0. The van der Waals surface area contributed by atoms with Gasteiger partial charge in [0.15, 0.2) is 11.6 Å². The summed E-state index contributed by atoms with van der Waals surface area (Å²) in [7, 11) is 0. The van der Waals surface area contributed by atoms with Gasteiger partial charge in [-0.1, -0.05) is 164 Å². The second-order valence-electron chi connectivity index (χ2n) is 22.0. The van der Waals surface area contributed by atoms with Crippen LogP contribution in [0.4, 0.5) is 9.59 Å². The minimum absolute atomic E-state index is 0.0128. The average molecular weight is 967 g/mol. The minimum atomic E-state index is -0.743. The molecule has 10 rings (SSSR count). The highest BCUT2D eigenvalue weighted by molar-refractivity contribution is 5.81. The number of hydrogen-bond acceptors (Lipinski definition) is 8. The summed E-state index contributed by atoms with van der Waals surface area (Å²) in [5.74, 6) is -0.0916. The van der Waals surface area contributed by atoms with Gasteiger partial charge in [0, 0.05) is 63.7 Å².